The number of carboxylic acids is 1. The molecule has 25 heavy (non-hydrogen) atoms. The molecule has 1 aliphatic rings. The Labute approximate surface area is 149 Å². The maximum absolute atomic E-state index is 11.8. The van der Waals surface area contributed by atoms with Gasteiger partial charge in [0.05, 0.1) is 5.56 Å². The van der Waals surface area contributed by atoms with Gasteiger partial charge in [0.2, 0.25) is 0 Å². The van der Waals surface area contributed by atoms with E-state index in [1.54, 1.807) is 6.07 Å². The van der Waals surface area contributed by atoms with Gasteiger partial charge in [0.1, 0.15) is 12.4 Å². The van der Waals surface area contributed by atoms with Crippen LogP contribution < -0.4 is 4.74 Å². The van der Waals surface area contributed by atoms with Gasteiger partial charge in [0, 0.05) is 0 Å². The van der Waals surface area contributed by atoms with Crippen LogP contribution in [0.25, 0.3) is 0 Å². The highest BCUT2D eigenvalue weighted by molar-refractivity contribution is 5.91. The number of hydrogen-bond acceptors (Lipinski definition) is 2. The second kappa shape index (κ2) is 6.55. The third kappa shape index (κ3) is 4.04. The summed E-state index contributed by atoms with van der Waals surface area (Å²) in [6.07, 6.45) is 2.15. The first-order chi connectivity index (χ1) is 11.8. The number of aromatic carboxylic acids is 1. The first kappa shape index (κ1) is 17.5. The molecule has 0 aliphatic heterocycles. The predicted octanol–water partition coefficient (Wildman–Crippen LogP) is 5.45. The highest BCUT2D eigenvalue weighted by Gasteiger charge is 2.34. The quantitative estimate of drug-likeness (QED) is 0.789. The molecule has 1 saturated carbocycles. The second-order valence-electron chi connectivity index (χ2n) is 8.04. The van der Waals surface area contributed by atoms with Crippen molar-refractivity contribution in [2.45, 2.75) is 58.5 Å². The van der Waals surface area contributed by atoms with Gasteiger partial charge >= 0.3 is 5.97 Å². The average Bonchev–Trinajstić information content (AvgIpc) is 3.37. The standard InChI is InChI=1S/C22H26O3/c1-14-5-7-15(8-6-14)13-25-17-11-18(21(23)24)20(16-9-10-16)19(12-17)22(2,3)4/h5-8,11-12,16H,9-10,13H2,1-4H3,(H,23,24). The molecule has 2 aromatic carbocycles. The SMILES string of the molecule is Cc1ccc(COc2cc(C(=O)O)c(C3CC3)c(C(C)(C)C)c2)cc1. The van der Waals surface area contributed by atoms with Crippen LogP contribution in [0.5, 0.6) is 5.75 Å². The Hall–Kier alpha value is -2.29. The highest BCUT2D eigenvalue weighted by atomic mass is 16.5. The van der Waals surface area contributed by atoms with Crippen LogP contribution in [0.4, 0.5) is 0 Å². The van der Waals surface area contributed by atoms with Gasteiger partial charge in [0.25, 0.3) is 0 Å². The van der Waals surface area contributed by atoms with Gasteiger partial charge in [-0.1, -0.05) is 50.6 Å². The molecule has 0 aromatic heterocycles. The van der Waals surface area contributed by atoms with Gasteiger partial charge in [-0.3, -0.25) is 0 Å². The van der Waals surface area contributed by atoms with Crippen LogP contribution >= 0.6 is 0 Å². The van der Waals surface area contributed by atoms with Crippen molar-refractivity contribution >= 4 is 5.97 Å². The summed E-state index contributed by atoms with van der Waals surface area (Å²) in [6.45, 7) is 8.87. The molecule has 3 nitrogen and oxygen atoms in total. The van der Waals surface area contributed by atoms with Crippen molar-refractivity contribution in [1.82, 2.24) is 0 Å². The van der Waals surface area contributed by atoms with Crippen LogP contribution in [0.2, 0.25) is 0 Å². The summed E-state index contributed by atoms with van der Waals surface area (Å²) in [4.78, 5) is 11.8. The van der Waals surface area contributed by atoms with Crippen LogP contribution in [0.3, 0.4) is 0 Å². The van der Waals surface area contributed by atoms with E-state index in [1.165, 1.54) is 5.56 Å². The molecule has 0 spiro atoms. The summed E-state index contributed by atoms with van der Waals surface area (Å²) in [5.41, 5.74) is 4.66. The number of carboxylic acid groups (broad SMARTS) is 1. The summed E-state index contributed by atoms with van der Waals surface area (Å²) in [6, 6.07) is 11.9. The number of benzene rings is 2. The van der Waals surface area contributed by atoms with E-state index in [-0.39, 0.29) is 5.41 Å². The zero-order valence-electron chi connectivity index (χ0n) is 15.4. The topological polar surface area (TPSA) is 46.5 Å². The molecule has 2 aromatic rings. The summed E-state index contributed by atoms with van der Waals surface area (Å²) < 4.78 is 5.95. The van der Waals surface area contributed by atoms with Crippen LogP contribution in [-0.2, 0) is 12.0 Å². The molecule has 1 fully saturated rings. The molecule has 132 valence electrons. The van der Waals surface area contributed by atoms with Crippen LogP contribution in [0.15, 0.2) is 36.4 Å². The zero-order valence-corrected chi connectivity index (χ0v) is 15.4. The number of rotatable bonds is 5. The fourth-order valence-corrected chi connectivity index (χ4v) is 3.17. The van der Waals surface area contributed by atoms with E-state index in [2.05, 4.69) is 39.8 Å². The summed E-state index contributed by atoms with van der Waals surface area (Å²) in [5.74, 6) is 0.145. The molecule has 0 heterocycles. The molecule has 3 rings (SSSR count). The van der Waals surface area contributed by atoms with E-state index in [9.17, 15) is 9.90 Å². The van der Waals surface area contributed by atoms with Gasteiger partial charge in [-0.2, -0.15) is 0 Å². The lowest BCUT2D eigenvalue weighted by molar-refractivity contribution is 0.0695. The summed E-state index contributed by atoms with van der Waals surface area (Å²) >= 11 is 0. The Morgan fingerprint density at radius 3 is 2.32 bits per heavy atom. The molecular formula is C22H26O3. The fraction of sp³-hybridized carbons (Fsp3) is 0.409. The first-order valence-electron chi connectivity index (χ1n) is 8.86. The van der Waals surface area contributed by atoms with Crippen molar-refractivity contribution in [3.63, 3.8) is 0 Å². The largest absolute Gasteiger partial charge is 0.489 e. The Morgan fingerprint density at radius 2 is 1.80 bits per heavy atom. The Morgan fingerprint density at radius 1 is 1.16 bits per heavy atom. The van der Waals surface area contributed by atoms with Crippen molar-refractivity contribution < 1.29 is 14.6 Å². The average molecular weight is 338 g/mol. The maximum atomic E-state index is 11.8. The van der Waals surface area contributed by atoms with Crippen molar-refractivity contribution in [2.75, 3.05) is 0 Å². The van der Waals surface area contributed by atoms with E-state index in [4.69, 9.17) is 4.74 Å². The summed E-state index contributed by atoms with van der Waals surface area (Å²) in [5, 5.41) is 9.72. The Kier molecular flexibility index (Phi) is 4.59. The molecule has 0 bridgehead atoms. The van der Waals surface area contributed by atoms with E-state index in [1.807, 2.05) is 18.2 Å². The molecule has 3 heteroatoms. The van der Waals surface area contributed by atoms with Crippen molar-refractivity contribution in [1.29, 1.82) is 0 Å². The predicted molar refractivity (Wildman–Crippen MR) is 99.6 cm³/mol. The molecule has 1 N–H and O–H groups in total. The number of hydrogen-bond donors (Lipinski definition) is 1. The number of carbonyl (C=O) groups is 1. The highest BCUT2D eigenvalue weighted by Crippen LogP contribution is 2.47. The minimum Gasteiger partial charge on any atom is -0.489 e. The molecule has 0 atom stereocenters. The third-order valence-electron chi connectivity index (χ3n) is 4.70. The molecule has 0 radical (unpaired) electrons. The smallest absolute Gasteiger partial charge is 0.336 e. The van der Waals surface area contributed by atoms with Crippen molar-refractivity contribution in [3.8, 4) is 5.75 Å². The first-order valence-corrected chi connectivity index (χ1v) is 8.86. The normalized spacial score (nSPS) is 14.4. The molecule has 0 unspecified atom stereocenters. The minimum atomic E-state index is -0.867. The van der Waals surface area contributed by atoms with E-state index >= 15 is 0 Å². The minimum absolute atomic E-state index is 0.120. The third-order valence-corrected chi connectivity index (χ3v) is 4.70. The van der Waals surface area contributed by atoms with Gasteiger partial charge in [-0.05, 0) is 59.9 Å². The number of ether oxygens (including phenoxy) is 1. The second-order valence-corrected chi connectivity index (χ2v) is 8.04. The lowest BCUT2D eigenvalue weighted by atomic mass is 9.80. The van der Waals surface area contributed by atoms with Crippen LogP contribution in [0, 0.1) is 6.92 Å². The summed E-state index contributed by atoms with van der Waals surface area (Å²) in [7, 11) is 0. The fourth-order valence-electron chi connectivity index (χ4n) is 3.17. The van der Waals surface area contributed by atoms with Gasteiger partial charge < -0.3 is 9.84 Å². The van der Waals surface area contributed by atoms with Crippen molar-refractivity contribution in [2.24, 2.45) is 0 Å². The zero-order chi connectivity index (χ0) is 18.2. The van der Waals surface area contributed by atoms with E-state index < -0.39 is 5.97 Å². The van der Waals surface area contributed by atoms with E-state index in [0.717, 1.165) is 29.5 Å². The van der Waals surface area contributed by atoms with Gasteiger partial charge in [-0.25, -0.2) is 4.79 Å². The lowest BCUT2D eigenvalue weighted by Crippen LogP contribution is -2.17. The molecule has 0 amide bonds. The molecule has 0 saturated heterocycles. The van der Waals surface area contributed by atoms with Gasteiger partial charge in [0.15, 0.2) is 0 Å². The monoisotopic (exact) mass is 338 g/mol. The lowest BCUT2D eigenvalue weighted by Gasteiger charge is -2.25. The van der Waals surface area contributed by atoms with E-state index in [0.29, 0.717) is 23.8 Å². The van der Waals surface area contributed by atoms with Crippen LogP contribution in [0.1, 0.15) is 72.1 Å². The maximum Gasteiger partial charge on any atom is 0.336 e. The van der Waals surface area contributed by atoms with Crippen molar-refractivity contribution in [3.05, 3.63) is 64.2 Å². The van der Waals surface area contributed by atoms with Crippen LogP contribution in [-0.4, -0.2) is 11.1 Å². The Balaban J connectivity index is 1.95. The van der Waals surface area contributed by atoms with Gasteiger partial charge in [-0.15, -0.1) is 0 Å². The molecular weight excluding hydrogens is 312 g/mol. The molecule has 1 aliphatic carbocycles. The number of aryl methyl sites for hydroxylation is 1. The Bertz CT molecular complexity index is 778.